The van der Waals surface area contributed by atoms with Crippen molar-refractivity contribution < 1.29 is 9.53 Å². The molecule has 0 unspecified atom stereocenters. The summed E-state index contributed by atoms with van der Waals surface area (Å²) in [5.74, 6) is 0.475. The summed E-state index contributed by atoms with van der Waals surface area (Å²) in [5.41, 5.74) is 2.05. The van der Waals surface area contributed by atoms with Crippen molar-refractivity contribution in [3.63, 3.8) is 0 Å². The highest BCUT2D eigenvalue weighted by atomic mass is 35.5. The second-order valence-electron chi connectivity index (χ2n) is 6.23. The highest BCUT2D eigenvalue weighted by Gasteiger charge is 2.23. The zero-order valence-electron chi connectivity index (χ0n) is 15.1. The molecule has 0 spiro atoms. The van der Waals surface area contributed by atoms with Crippen LogP contribution in [0.5, 0.6) is 5.75 Å². The molecule has 0 aliphatic heterocycles. The van der Waals surface area contributed by atoms with E-state index >= 15 is 0 Å². The third kappa shape index (κ3) is 5.11. The lowest BCUT2D eigenvalue weighted by Gasteiger charge is -2.23. The summed E-state index contributed by atoms with van der Waals surface area (Å²) in [6.45, 7) is 1.93. The van der Waals surface area contributed by atoms with Crippen molar-refractivity contribution in [3.05, 3.63) is 101 Å². The van der Waals surface area contributed by atoms with Gasteiger partial charge in [-0.3, -0.25) is 4.79 Å². The molecule has 0 radical (unpaired) electrons. The van der Waals surface area contributed by atoms with E-state index in [0.717, 1.165) is 11.1 Å². The average molecular weight is 380 g/mol. The van der Waals surface area contributed by atoms with Gasteiger partial charge in [-0.2, -0.15) is 0 Å². The number of hydrogen-bond donors (Lipinski definition) is 1. The number of ether oxygens (including phenoxy) is 1. The molecule has 0 bridgehead atoms. The van der Waals surface area contributed by atoms with E-state index in [1.165, 1.54) is 0 Å². The highest BCUT2D eigenvalue weighted by molar-refractivity contribution is 6.30. The van der Waals surface area contributed by atoms with Crippen LogP contribution >= 0.6 is 11.6 Å². The van der Waals surface area contributed by atoms with Crippen molar-refractivity contribution in [3.8, 4) is 5.75 Å². The van der Waals surface area contributed by atoms with E-state index in [0.29, 0.717) is 17.2 Å². The molecule has 3 rings (SSSR count). The first-order valence-electron chi connectivity index (χ1n) is 9.00. The summed E-state index contributed by atoms with van der Waals surface area (Å²) < 4.78 is 5.88. The molecule has 0 aliphatic carbocycles. The zero-order valence-corrected chi connectivity index (χ0v) is 15.9. The number of carbonyl (C=O) groups is 1. The molecule has 138 valence electrons. The molecular formula is C23H22ClNO2. The van der Waals surface area contributed by atoms with Crippen LogP contribution in [-0.4, -0.2) is 12.0 Å². The van der Waals surface area contributed by atoms with Gasteiger partial charge in [0.1, 0.15) is 5.75 Å². The quantitative estimate of drug-likeness (QED) is 0.596. The molecule has 1 atom stereocenters. The van der Waals surface area contributed by atoms with Gasteiger partial charge in [0.2, 0.25) is 0 Å². The standard InChI is InChI=1S/C23H22ClNO2/c1-2-21(27-20-15-13-19(24)14-16-20)23(26)25-22(17-9-5-3-6-10-17)18-11-7-4-8-12-18/h3-16,21-22H,2H2,1H3,(H,25,26)/t21-/m1/s1. The first-order valence-corrected chi connectivity index (χ1v) is 9.37. The van der Waals surface area contributed by atoms with E-state index in [-0.39, 0.29) is 11.9 Å². The number of hydrogen-bond acceptors (Lipinski definition) is 2. The number of nitrogens with one attached hydrogen (secondary N) is 1. The molecule has 0 saturated carbocycles. The Balaban J connectivity index is 1.79. The first-order chi connectivity index (χ1) is 13.2. The molecule has 4 heteroatoms. The van der Waals surface area contributed by atoms with E-state index in [2.05, 4.69) is 5.32 Å². The number of benzene rings is 3. The number of carbonyl (C=O) groups excluding carboxylic acids is 1. The van der Waals surface area contributed by atoms with Crippen LogP contribution in [0.2, 0.25) is 5.02 Å². The average Bonchev–Trinajstić information content (AvgIpc) is 2.72. The maximum absolute atomic E-state index is 12.9. The molecule has 27 heavy (non-hydrogen) atoms. The second kappa shape index (κ2) is 9.24. The Bertz CT molecular complexity index is 811. The van der Waals surface area contributed by atoms with Gasteiger partial charge in [-0.1, -0.05) is 79.2 Å². The summed E-state index contributed by atoms with van der Waals surface area (Å²) in [5, 5.41) is 3.77. The van der Waals surface area contributed by atoms with Gasteiger partial charge in [0, 0.05) is 5.02 Å². The van der Waals surface area contributed by atoms with Crippen LogP contribution in [0.15, 0.2) is 84.9 Å². The predicted molar refractivity (Wildman–Crippen MR) is 109 cm³/mol. The Kier molecular flexibility index (Phi) is 6.50. The lowest BCUT2D eigenvalue weighted by Crippen LogP contribution is -2.40. The second-order valence-corrected chi connectivity index (χ2v) is 6.67. The summed E-state index contributed by atoms with van der Waals surface area (Å²) in [4.78, 5) is 12.9. The molecule has 0 aromatic heterocycles. The summed E-state index contributed by atoms with van der Waals surface area (Å²) in [6.07, 6.45) is -0.0220. The highest BCUT2D eigenvalue weighted by Crippen LogP contribution is 2.23. The van der Waals surface area contributed by atoms with Crippen LogP contribution in [0.3, 0.4) is 0 Å². The molecule has 3 aromatic rings. The van der Waals surface area contributed by atoms with Gasteiger partial charge in [0.15, 0.2) is 6.10 Å². The molecule has 1 amide bonds. The van der Waals surface area contributed by atoms with Crippen LogP contribution < -0.4 is 10.1 Å². The molecule has 0 saturated heterocycles. The maximum atomic E-state index is 12.9. The molecule has 3 aromatic carbocycles. The van der Waals surface area contributed by atoms with Crippen molar-refractivity contribution >= 4 is 17.5 Å². The van der Waals surface area contributed by atoms with Gasteiger partial charge >= 0.3 is 0 Å². The van der Waals surface area contributed by atoms with E-state index in [1.54, 1.807) is 24.3 Å². The van der Waals surface area contributed by atoms with E-state index in [4.69, 9.17) is 16.3 Å². The minimum atomic E-state index is -0.582. The molecule has 1 N–H and O–H groups in total. The van der Waals surface area contributed by atoms with Gasteiger partial charge in [-0.15, -0.1) is 0 Å². The monoisotopic (exact) mass is 379 g/mol. The Morgan fingerprint density at radius 3 is 1.89 bits per heavy atom. The van der Waals surface area contributed by atoms with Crippen molar-refractivity contribution in [2.45, 2.75) is 25.5 Å². The van der Waals surface area contributed by atoms with Gasteiger partial charge in [-0.05, 0) is 41.8 Å². The fourth-order valence-corrected chi connectivity index (χ4v) is 3.01. The Hall–Kier alpha value is -2.78. The van der Waals surface area contributed by atoms with Gasteiger partial charge in [-0.25, -0.2) is 0 Å². The SMILES string of the molecule is CC[C@@H](Oc1ccc(Cl)cc1)C(=O)NC(c1ccccc1)c1ccccc1. The lowest BCUT2D eigenvalue weighted by atomic mass is 9.98. The number of halogens is 1. The number of amides is 1. The fraction of sp³-hybridized carbons (Fsp3) is 0.174. The third-order valence-corrected chi connectivity index (χ3v) is 4.56. The van der Waals surface area contributed by atoms with Gasteiger partial charge in [0.05, 0.1) is 6.04 Å². The molecule has 3 nitrogen and oxygen atoms in total. The van der Waals surface area contributed by atoms with Gasteiger partial charge in [0.25, 0.3) is 5.91 Å². The summed E-state index contributed by atoms with van der Waals surface area (Å²) in [6, 6.07) is 26.7. The fourth-order valence-electron chi connectivity index (χ4n) is 2.88. The normalized spacial score (nSPS) is 11.8. The van der Waals surface area contributed by atoms with E-state index < -0.39 is 6.10 Å². The zero-order chi connectivity index (χ0) is 19.1. The summed E-state index contributed by atoms with van der Waals surface area (Å²) >= 11 is 5.91. The molecule has 0 fully saturated rings. The third-order valence-electron chi connectivity index (χ3n) is 4.31. The molecule has 0 aliphatic rings. The van der Waals surface area contributed by atoms with Gasteiger partial charge < -0.3 is 10.1 Å². The molecule has 0 heterocycles. The largest absolute Gasteiger partial charge is 0.481 e. The van der Waals surface area contributed by atoms with Crippen molar-refractivity contribution in [1.29, 1.82) is 0 Å². The Labute approximate surface area is 164 Å². The smallest absolute Gasteiger partial charge is 0.261 e. The maximum Gasteiger partial charge on any atom is 0.261 e. The van der Waals surface area contributed by atoms with Crippen LogP contribution in [0.1, 0.15) is 30.5 Å². The minimum Gasteiger partial charge on any atom is -0.481 e. The van der Waals surface area contributed by atoms with Crippen molar-refractivity contribution in [1.82, 2.24) is 5.32 Å². The van der Waals surface area contributed by atoms with Crippen molar-refractivity contribution in [2.75, 3.05) is 0 Å². The van der Waals surface area contributed by atoms with Crippen LogP contribution in [-0.2, 0) is 4.79 Å². The Morgan fingerprint density at radius 1 is 0.889 bits per heavy atom. The molecular weight excluding hydrogens is 358 g/mol. The van der Waals surface area contributed by atoms with Crippen LogP contribution in [0.4, 0.5) is 0 Å². The first kappa shape index (κ1) is 19.0. The number of rotatable bonds is 7. The summed E-state index contributed by atoms with van der Waals surface area (Å²) in [7, 11) is 0. The van der Waals surface area contributed by atoms with E-state index in [1.807, 2.05) is 67.6 Å². The van der Waals surface area contributed by atoms with Crippen LogP contribution in [0, 0.1) is 0 Å². The minimum absolute atomic E-state index is 0.148. The Morgan fingerprint density at radius 2 is 1.41 bits per heavy atom. The van der Waals surface area contributed by atoms with Crippen molar-refractivity contribution in [2.24, 2.45) is 0 Å². The van der Waals surface area contributed by atoms with E-state index in [9.17, 15) is 4.79 Å². The topological polar surface area (TPSA) is 38.3 Å². The van der Waals surface area contributed by atoms with Crippen LogP contribution in [0.25, 0.3) is 0 Å². The predicted octanol–water partition coefficient (Wildman–Crippen LogP) is 5.40. The lowest BCUT2D eigenvalue weighted by molar-refractivity contribution is -0.128.